The molecule has 0 saturated carbocycles. The standard InChI is InChI=1S/C29H26FN5O2/c1-2-25-24-19-34(29(36)31-18-23-13-8-16-37-23)27(20-9-6-10-21(30)17-20)26-14-7-15-33(26)28(24)35(32-25)22-11-4-3-5-12-22/h3-17,27H,2,18-19H2,1H3,(H,31,36). The van der Waals surface area contributed by atoms with Crippen molar-refractivity contribution in [3.63, 3.8) is 0 Å². The molecule has 0 bridgehead atoms. The molecule has 1 aliphatic rings. The van der Waals surface area contributed by atoms with Gasteiger partial charge in [0, 0.05) is 11.8 Å². The Morgan fingerprint density at radius 2 is 1.95 bits per heavy atom. The molecule has 2 amide bonds. The maximum atomic E-state index is 14.4. The van der Waals surface area contributed by atoms with Gasteiger partial charge in [0.2, 0.25) is 0 Å². The second-order valence-corrected chi connectivity index (χ2v) is 8.98. The van der Waals surface area contributed by atoms with E-state index in [9.17, 15) is 9.18 Å². The number of aromatic nitrogens is 3. The fraction of sp³-hybridized carbons (Fsp3) is 0.172. The van der Waals surface area contributed by atoms with Crippen LogP contribution in [-0.4, -0.2) is 25.3 Å². The number of halogens is 1. The molecule has 5 aromatic rings. The number of urea groups is 1. The lowest BCUT2D eigenvalue weighted by Crippen LogP contribution is -2.41. The molecule has 0 spiro atoms. The highest BCUT2D eigenvalue weighted by Gasteiger charge is 2.36. The summed E-state index contributed by atoms with van der Waals surface area (Å²) in [4.78, 5) is 15.5. The summed E-state index contributed by atoms with van der Waals surface area (Å²) in [6, 6.07) is 23.1. The van der Waals surface area contributed by atoms with Crippen LogP contribution in [0.15, 0.2) is 95.7 Å². The van der Waals surface area contributed by atoms with E-state index in [1.807, 2.05) is 65.5 Å². The van der Waals surface area contributed by atoms with Gasteiger partial charge in [0.05, 0.1) is 42.5 Å². The number of carbonyl (C=O) groups is 1. The van der Waals surface area contributed by atoms with Gasteiger partial charge in [-0.1, -0.05) is 37.3 Å². The number of amides is 2. The zero-order valence-electron chi connectivity index (χ0n) is 20.3. The van der Waals surface area contributed by atoms with Crippen molar-refractivity contribution in [2.75, 3.05) is 0 Å². The highest BCUT2D eigenvalue weighted by atomic mass is 19.1. The van der Waals surface area contributed by atoms with Gasteiger partial charge >= 0.3 is 6.03 Å². The van der Waals surface area contributed by atoms with Crippen molar-refractivity contribution >= 4 is 6.03 Å². The number of nitrogens with zero attached hydrogens (tertiary/aromatic N) is 4. The van der Waals surface area contributed by atoms with Gasteiger partial charge in [-0.15, -0.1) is 0 Å². The van der Waals surface area contributed by atoms with E-state index in [1.165, 1.54) is 12.1 Å². The van der Waals surface area contributed by atoms with E-state index in [4.69, 9.17) is 9.52 Å². The highest BCUT2D eigenvalue weighted by Crippen LogP contribution is 2.38. The van der Waals surface area contributed by atoms with Gasteiger partial charge in [0.25, 0.3) is 0 Å². The third-order valence-electron chi connectivity index (χ3n) is 6.72. The summed E-state index contributed by atoms with van der Waals surface area (Å²) in [6.45, 7) is 2.61. The molecule has 8 heteroatoms. The number of hydrogen-bond acceptors (Lipinski definition) is 3. The molecule has 1 N–H and O–H groups in total. The van der Waals surface area contributed by atoms with Crippen LogP contribution in [0, 0.1) is 5.82 Å². The summed E-state index contributed by atoms with van der Waals surface area (Å²) in [6.07, 6.45) is 4.25. The van der Waals surface area contributed by atoms with E-state index in [0.29, 0.717) is 24.3 Å². The molecule has 0 fully saturated rings. The number of hydrogen-bond donors (Lipinski definition) is 1. The van der Waals surface area contributed by atoms with Crippen molar-refractivity contribution in [2.45, 2.75) is 32.5 Å². The highest BCUT2D eigenvalue weighted by molar-refractivity contribution is 5.76. The number of benzene rings is 2. The second kappa shape index (κ2) is 9.46. The van der Waals surface area contributed by atoms with Gasteiger partial charge < -0.3 is 19.2 Å². The zero-order valence-corrected chi connectivity index (χ0v) is 20.3. The smallest absolute Gasteiger partial charge is 0.318 e. The Morgan fingerprint density at radius 1 is 1.08 bits per heavy atom. The van der Waals surface area contributed by atoms with Crippen LogP contribution >= 0.6 is 0 Å². The van der Waals surface area contributed by atoms with E-state index in [2.05, 4.69) is 16.8 Å². The van der Waals surface area contributed by atoms with Crippen LogP contribution in [0.25, 0.3) is 11.5 Å². The van der Waals surface area contributed by atoms with E-state index in [1.54, 1.807) is 23.3 Å². The van der Waals surface area contributed by atoms with Gasteiger partial charge in [-0.25, -0.2) is 13.9 Å². The molecule has 2 aromatic carbocycles. The number of aryl methyl sites for hydroxylation is 1. The van der Waals surface area contributed by atoms with Crippen LogP contribution in [-0.2, 0) is 19.5 Å². The lowest BCUT2D eigenvalue weighted by molar-refractivity contribution is 0.179. The zero-order chi connectivity index (χ0) is 25.4. The largest absolute Gasteiger partial charge is 0.467 e. The fourth-order valence-electron chi connectivity index (χ4n) is 5.05. The van der Waals surface area contributed by atoms with Crippen molar-refractivity contribution in [1.82, 2.24) is 24.6 Å². The van der Waals surface area contributed by atoms with Gasteiger partial charge in [0.1, 0.15) is 17.4 Å². The predicted octanol–water partition coefficient (Wildman–Crippen LogP) is 5.77. The predicted molar refractivity (Wildman–Crippen MR) is 137 cm³/mol. The second-order valence-electron chi connectivity index (χ2n) is 8.98. The maximum absolute atomic E-state index is 14.4. The molecule has 6 rings (SSSR count). The minimum atomic E-state index is -0.524. The van der Waals surface area contributed by atoms with Crippen LogP contribution in [0.5, 0.6) is 0 Å². The van der Waals surface area contributed by atoms with Crippen LogP contribution in [0.3, 0.4) is 0 Å². The summed E-state index contributed by atoms with van der Waals surface area (Å²) < 4.78 is 23.9. The van der Waals surface area contributed by atoms with E-state index in [0.717, 1.165) is 28.5 Å². The Kier molecular flexibility index (Phi) is 5.84. The van der Waals surface area contributed by atoms with Crippen molar-refractivity contribution in [1.29, 1.82) is 0 Å². The Balaban J connectivity index is 1.53. The van der Waals surface area contributed by atoms with Crippen LogP contribution in [0.2, 0.25) is 0 Å². The number of para-hydroxylation sites is 1. The van der Waals surface area contributed by atoms with E-state index >= 15 is 0 Å². The Morgan fingerprint density at radius 3 is 2.70 bits per heavy atom. The molecular formula is C29H26FN5O2. The average Bonchev–Trinajstić information content (AvgIpc) is 3.66. The van der Waals surface area contributed by atoms with Crippen molar-refractivity contribution in [3.05, 3.63) is 125 Å². The number of rotatable bonds is 5. The Hall–Kier alpha value is -4.59. The normalized spacial score (nSPS) is 14.6. The minimum Gasteiger partial charge on any atom is -0.467 e. The van der Waals surface area contributed by atoms with E-state index < -0.39 is 6.04 Å². The van der Waals surface area contributed by atoms with Crippen molar-refractivity contribution in [3.8, 4) is 11.5 Å². The van der Waals surface area contributed by atoms with E-state index in [-0.39, 0.29) is 18.4 Å². The first-order valence-corrected chi connectivity index (χ1v) is 12.3. The molecular weight excluding hydrogens is 469 g/mol. The number of fused-ring (bicyclic) bond motifs is 3. The third kappa shape index (κ3) is 4.10. The fourth-order valence-corrected chi connectivity index (χ4v) is 5.05. The Bertz CT molecular complexity index is 1540. The quantitative estimate of drug-likeness (QED) is 0.337. The summed E-state index contributed by atoms with van der Waals surface area (Å²) in [7, 11) is 0. The van der Waals surface area contributed by atoms with Crippen molar-refractivity contribution in [2.24, 2.45) is 0 Å². The van der Waals surface area contributed by atoms with Crippen LogP contribution in [0.1, 0.15) is 41.2 Å². The SMILES string of the molecule is CCc1nn(-c2ccccc2)c2c1CN(C(=O)NCc1ccco1)C(c1cccc(F)c1)c1cccn1-2. The molecule has 1 unspecified atom stereocenters. The lowest BCUT2D eigenvalue weighted by Gasteiger charge is -2.31. The van der Waals surface area contributed by atoms with Gasteiger partial charge in [-0.05, 0) is 60.5 Å². The molecule has 7 nitrogen and oxygen atoms in total. The molecule has 3 aromatic heterocycles. The first-order valence-electron chi connectivity index (χ1n) is 12.3. The first-order chi connectivity index (χ1) is 18.1. The van der Waals surface area contributed by atoms with Crippen LogP contribution in [0.4, 0.5) is 9.18 Å². The van der Waals surface area contributed by atoms with Crippen molar-refractivity contribution < 1.29 is 13.6 Å². The number of carbonyl (C=O) groups excluding carboxylic acids is 1. The minimum absolute atomic E-state index is 0.246. The van der Waals surface area contributed by atoms with Gasteiger partial charge in [-0.2, -0.15) is 5.10 Å². The van der Waals surface area contributed by atoms with Gasteiger partial charge in [-0.3, -0.25) is 0 Å². The summed E-state index contributed by atoms with van der Waals surface area (Å²) in [5.41, 5.74) is 4.32. The maximum Gasteiger partial charge on any atom is 0.318 e. The van der Waals surface area contributed by atoms with Crippen LogP contribution < -0.4 is 5.32 Å². The van der Waals surface area contributed by atoms with Gasteiger partial charge in [0.15, 0.2) is 0 Å². The first kappa shape index (κ1) is 22.8. The summed E-state index contributed by atoms with van der Waals surface area (Å²) >= 11 is 0. The molecule has 1 atom stereocenters. The molecule has 37 heavy (non-hydrogen) atoms. The molecule has 4 heterocycles. The molecule has 0 radical (unpaired) electrons. The summed E-state index contributed by atoms with van der Waals surface area (Å²) in [5, 5.41) is 7.95. The molecule has 186 valence electrons. The molecule has 0 aliphatic carbocycles. The summed E-state index contributed by atoms with van der Waals surface area (Å²) in [5.74, 6) is 1.18. The lowest BCUT2D eigenvalue weighted by atomic mass is 10.0. The Labute approximate surface area is 213 Å². The topological polar surface area (TPSA) is 68.2 Å². The molecule has 0 saturated heterocycles. The number of furan rings is 1. The monoisotopic (exact) mass is 495 g/mol. The third-order valence-corrected chi connectivity index (χ3v) is 6.72. The molecule has 1 aliphatic heterocycles. The average molecular weight is 496 g/mol. The number of nitrogens with one attached hydrogen (secondary N) is 1.